The second-order valence-corrected chi connectivity index (χ2v) is 6.13. The lowest BCUT2D eigenvalue weighted by Gasteiger charge is -2.15. The minimum absolute atomic E-state index is 0.196. The van der Waals surface area contributed by atoms with Gasteiger partial charge in [0.2, 0.25) is 0 Å². The molecule has 0 aliphatic rings. The largest absolute Gasteiger partial charge is 0.465 e. The molecule has 6 heteroatoms. The van der Waals surface area contributed by atoms with E-state index in [9.17, 15) is 9.59 Å². The second kappa shape index (κ2) is 8.39. The molecular weight excluding hydrogens is 336 g/mol. The number of anilines is 1. The minimum Gasteiger partial charge on any atom is -0.465 e. The van der Waals surface area contributed by atoms with Crippen molar-refractivity contribution in [2.45, 2.75) is 19.8 Å². The summed E-state index contributed by atoms with van der Waals surface area (Å²) in [7, 11) is 1.29. The van der Waals surface area contributed by atoms with Crippen molar-refractivity contribution in [1.29, 1.82) is 0 Å². The molecule has 5 nitrogen and oxygen atoms in total. The Morgan fingerprint density at radius 1 is 1.04 bits per heavy atom. The molecule has 130 valence electrons. The van der Waals surface area contributed by atoms with Gasteiger partial charge in [0.05, 0.1) is 12.7 Å². The Morgan fingerprint density at radius 2 is 1.72 bits per heavy atom. The summed E-state index contributed by atoms with van der Waals surface area (Å²) in [4.78, 5) is 23.9. The number of nitrogens with one attached hydrogen (secondary N) is 2. The Balaban J connectivity index is 2.09. The quantitative estimate of drug-likeness (QED) is 0.645. The molecule has 0 bridgehead atoms. The first-order valence-corrected chi connectivity index (χ1v) is 8.23. The average Bonchev–Trinajstić information content (AvgIpc) is 2.61. The van der Waals surface area contributed by atoms with Gasteiger partial charge in [0.1, 0.15) is 0 Å². The monoisotopic (exact) mass is 356 g/mol. The summed E-state index contributed by atoms with van der Waals surface area (Å²) in [6.07, 6.45) is 0. The van der Waals surface area contributed by atoms with Gasteiger partial charge in [0, 0.05) is 11.3 Å². The highest BCUT2D eigenvalue weighted by atomic mass is 32.1. The Kier molecular flexibility index (Phi) is 6.25. The van der Waals surface area contributed by atoms with Gasteiger partial charge in [-0.25, -0.2) is 4.79 Å². The van der Waals surface area contributed by atoms with E-state index in [2.05, 4.69) is 29.2 Å². The van der Waals surface area contributed by atoms with E-state index in [1.807, 2.05) is 24.3 Å². The van der Waals surface area contributed by atoms with E-state index in [1.165, 1.54) is 13.2 Å². The summed E-state index contributed by atoms with van der Waals surface area (Å²) in [6, 6.07) is 14.0. The zero-order valence-electron chi connectivity index (χ0n) is 14.3. The van der Waals surface area contributed by atoms with Crippen LogP contribution in [0.15, 0.2) is 48.5 Å². The third-order valence-corrected chi connectivity index (χ3v) is 3.81. The molecular formula is C19H20N2O3S. The van der Waals surface area contributed by atoms with E-state index < -0.39 is 11.9 Å². The van der Waals surface area contributed by atoms with Crippen molar-refractivity contribution >= 4 is 34.9 Å². The summed E-state index contributed by atoms with van der Waals surface area (Å²) >= 11 is 5.23. The first kappa shape index (κ1) is 18.6. The van der Waals surface area contributed by atoms with Crippen LogP contribution < -0.4 is 10.6 Å². The Hall–Kier alpha value is -2.73. The van der Waals surface area contributed by atoms with Crippen molar-refractivity contribution in [3.63, 3.8) is 0 Å². The number of esters is 1. The third-order valence-electron chi connectivity index (χ3n) is 3.60. The van der Waals surface area contributed by atoms with E-state index in [0.29, 0.717) is 17.0 Å². The molecule has 0 radical (unpaired) electrons. The molecule has 0 aromatic heterocycles. The van der Waals surface area contributed by atoms with Gasteiger partial charge in [-0.2, -0.15) is 0 Å². The van der Waals surface area contributed by atoms with Gasteiger partial charge < -0.3 is 10.1 Å². The maximum atomic E-state index is 12.3. The molecule has 0 aliphatic heterocycles. The van der Waals surface area contributed by atoms with Gasteiger partial charge in [0.25, 0.3) is 5.91 Å². The molecule has 0 fully saturated rings. The summed E-state index contributed by atoms with van der Waals surface area (Å²) < 4.78 is 4.66. The van der Waals surface area contributed by atoms with Gasteiger partial charge in [0.15, 0.2) is 5.11 Å². The lowest BCUT2D eigenvalue weighted by Crippen LogP contribution is -2.34. The fourth-order valence-electron chi connectivity index (χ4n) is 2.35. The summed E-state index contributed by atoms with van der Waals surface area (Å²) in [6.45, 7) is 4.17. The predicted octanol–water partition coefficient (Wildman–Crippen LogP) is 3.72. The van der Waals surface area contributed by atoms with E-state index in [4.69, 9.17) is 12.2 Å². The smallest absolute Gasteiger partial charge is 0.337 e. The van der Waals surface area contributed by atoms with Crippen molar-refractivity contribution < 1.29 is 14.3 Å². The number of methoxy groups -OCH3 is 1. The molecule has 0 saturated carbocycles. The van der Waals surface area contributed by atoms with Crippen LogP contribution in [0.25, 0.3) is 0 Å². The number of carbonyl (C=O) groups excluding carboxylic acids is 2. The van der Waals surface area contributed by atoms with E-state index in [0.717, 1.165) is 11.3 Å². The maximum absolute atomic E-state index is 12.3. The highest BCUT2D eigenvalue weighted by molar-refractivity contribution is 7.80. The van der Waals surface area contributed by atoms with Crippen LogP contribution in [0.3, 0.4) is 0 Å². The Labute approximate surface area is 152 Å². The molecule has 0 unspecified atom stereocenters. The van der Waals surface area contributed by atoms with Gasteiger partial charge in [-0.15, -0.1) is 0 Å². The highest BCUT2D eigenvalue weighted by Crippen LogP contribution is 2.23. The molecule has 0 atom stereocenters. The molecule has 2 aromatic rings. The van der Waals surface area contributed by atoms with Crippen molar-refractivity contribution in [2.75, 3.05) is 12.4 Å². The van der Waals surface area contributed by atoms with Crippen LogP contribution in [0.5, 0.6) is 0 Å². The zero-order valence-corrected chi connectivity index (χ0v) is 15.1. The molecule has 0 saturated heterocycles. The first-order chi connectivity index (χ1) is 11.9. The number of thiocarbonyl (C=S) groups is 1. The SMILES string of the molecule is COC(=O)c1cccc(C(=O)NC(=S)Nc2ccccc2C(C)C)c1. The van der Waals surface area contributed by atoms with Gasteiger partial charge in [-0.1, -0.05) is 38.1 Å². The number of para-hydroxylation sites is 1. The number of ether oxygens (including phenoxy) is 1. The molecule has 0 heterocycles. The standard InChI is InChI=1S/C19H20N2O3S/c1-12(2)15-9-4-5-10-16(15)20-19(25)21-17(22)13-7-6-8-14(11-13)18(23)24-3/h4-12H,1-3H3,(H2,20,21,22,25). The lowest BCUT2D eigenvalue weighted by atomic mass is 10.0. The van der Waals surface area contributed by atoms with Crippen molar-refractivity contribution in [2.24, 2.45) is 0 Å². The topological polar surface area (TPSA) is 67.4 Å². The van der Waals surface area contributed by atoms with Crippen LogP contribution in [0.4, 0.5) is 5.69 Å². The van der Waals surface area contributed by atoms with E-state index in [1.54, 1.807) is 18.2 Å². The number of hydrogen-bond donors (Lipinski definition) is 2. The maximum Gasteiger partial charge on any atom is 0.337 e. The van der Waals surface area contributed by atoms with Crippen LogP contribution >= 0.6 is 12.2 Å². The summed E-state index contributed by atoms with van der Waals surface area (Å²) in [5.41, 5.74) is 2.58. The number of benzene rings is 2. The van der Waals surface area contributed by atoms with E-state index in [-0.39, 0.29) is 5.11 Å². The minimum atomic E-state index is -0.499. The lowest BCUT2D eigenvalue weighted by molar-refractivity contribution is 0.0600. The third kappa shape index (κ3) is 4.87. The molecule has 2 N–H and O–H groups in total. The molecule has 0 aliphatic carbocycles. The zero-order chi connectivity index (χ0) is 18.4. The van der Waals surface area contributed by atoms with Gasteiger partial charge >= 0.3 is 5.97 Å². The molecule has 2 aromatic carbocycles. The van der Waals surface area contributed by atoms with Crippen LogP contribution in [0, 0.1) is 0 Å². The highest BCUT2D eigenvalue weighted by Gasteiger charge is 2.13. The van der Waals surface area contributed by atoms with E-state index >= 15 is 0 Å². The molecule has 0 spiro atoms. The van der Waals surface area contributed by atoms with Crippen LogP contribution in [0.1, 0.15) is 46.0 Å². The Bertz CT molecular complexity index is 803. The van der Waals surface area contributed by atoms with Crippen LogP contribution in [-0.2, 0) is 4.74 Å². The van der Waals surface area contributed by atoms with Crippen LogP contribution in [-0.4, -0.2) is 24.1 Å². The van der Waals surface area contributed by atoms with Gasteiger partial charge in [-0.05, 0) is 48.0 Å². The predicted molar refractivity (Wildman–Crippen MR) is 102 cm³/mol. The number of carbonyl (C=O) groups is 2. The van der Waals surface area contributed by atoms with Crippen LogP contribution in [0.2, 0.25) is 0 Å². The number of rotatable bonds is 4. The second-order valence-electron chi connectivity index (χ2n) is 5.72. The first-order valence-electron chi connectivity index (χ1n) is 7.82. The average molecular weight is 356 g/mol. The normalized spacial score (nSPS) is 10.2. The van der Waals surface area contributed by atoms with Crippen molar-refractivity contribution in [1.82, 2.24) is 5.32 Å². The van der Waals surface area contributed by atoms with Crippen molar-refractivity contribution in [3.05, 3.63) is 65.2 Å². The van der Waals surface area contributed by atoms with Gasteiger partial charge in [-0.3, -0.25) is 10.1 Å². The number of hydrogen-bond acceptors (Lipinski definition) is 4. The molecule has 1 amide bonds. The van der Waals surface area contributed by atoms with Crippen molar-refractivity contribution in [3.8, 4) is 0 Å². The Morgan fingerprint density at radius 3 is 2.40 bits per heavy atom. The molecule has 25 heavy (non-hydrogen) atoms. The number of amides is 1. The fourth-order valence-corrected chi connectivity index (χ4v) is 2.55. The fraction of sp³-hybridized carbons (Fsp3) is 0.211. The molecule has 2 rings (SSSR count). The summed E-state index contributed by atoms with van der Waals surface area (Å²) in [5.74, 6) is -0.578. The summed E-state index contributed by atoms with van der Waals surface area (Å²) in [5, 5.41) is 5.87.